The first-order valence-electron chi connectivity index (χ1n) is 14.3. The Kier molecular flexibility index (Phi) is 8.65. The Hall–Kier alpha value is -3.04. The van der Waals surface area contributed by atoms with Crippen molar-refractivity contribution in [2.75, 3.05) is 0 Å². The van der Waals surface area contributed by atoms with Gasteiger partial charge in [-0.15, -0.1) is 0 Å². The molecule has 0 aromatic heterocycles. The summed E-state index contributed by atoms with van der Waals surface area (Å²) in [6.45, 7) is 0. The van der Waals surface area contributed by atoms with Crippen LogP contribution in [0.2, 0.25) is 0 Å². The highest BCUT2D eigenvalue weighted by atomic mass is 31.1. The van der Waals surface area contributed by atoms with E-state index in [1.165, 1.54) is 55.5 Å². The standard InChI is InChI=1S/C40H30P2/c1-5-17-31(18-6-1)41(32-19-7-2-8-20-32)39-29-15-27-37(39)35-25-13-14-26-36(35)38-28-16-30-40(38)42(33-21-9-3-10-22-33)34-23-11-4-12-24-34/h1-30H. The Labute approximate surface area is 254 Å². The normalized spacial score (nSPS) is 17.0. The monoisotopic (exact) mass is 572 g/mol. The lowest BCUT2D eigenvalue weighted by Gasteiger charge is -2.33. The molecule has 0 atom stereocenters. The van der Waals surface area contributed by atoms with E-state index >= 15 is 0 Å². The van der Waals surface area contributed by atoms with E-state index in [2.05, 4.69) is 184 Å². The molecular weight excluding hydrogens is 542 g/mol. The molecule has 0 saturated heterocycles. The molecule has 0 nitrogen and oxygen atoms in total. The molecule has 0 N–H and O–H groups in total. The zero-order valence-corrected chi connectivity index (χ0v) is 25.0. The van der Waals surface area contributed by atoms with Crippen LogP contribution in [0.4, 0.5) is 0 Å². The summed E-state index contributed by atoms with van der Waals surface area (Å²) in [5.74, 6) is 2.64. The molecule has 0 amide bonds. The van der Waals surface area contributed by atoms with Gasteiger partial charge in [0.05, 0.1) is 0 Å². The number of hydrogen-bond acceptors (Lipinski definition) is 0. The van der Waals surface area contributed by atoms with Crippen LogP contribution in [-0.2, 0) is 0 Å². The van der Waals surface area contributed by atoms with Crippen LogP contribution < -0.4 is 21.2 Å². The van der Waals surface area contributed by atoms with Crippen molar-refractivity contribution < 1.29 is 0 Å². The van der Waals surface area contributed by atoms with Crippen molar-refractivity contribution in [3.05, 3.63) is 218 Å². The highest BCUT2D eigenvalue weighted by molar-refractivity contribution is 7.76. The molecule has 0 bridgehead atoms. The predicted molar refractivity (Wildman–Crippen MR) is 182 cm³/mol. The average Bonchev–Trinajstić information content (AvgIpc) is 3.74. The summed E-state index contributed by atoms with van der Waals surface area (Å²) in [4.78, 5) is 0. The Balaban J connectivity index is 1.28. The van der Waals surface area contributed by atoms with Crippen LogP contribution in [0.3, 0.4) is 0 Å². The third-order valence-electron chi connectivity index (χ3n) is 7.63. The summed E-state index contributed by atoms with van der Waals surface area (Å²) in [5, 5.41) is 5.48. The van der Waals surface area contributed by atoms with Gasteiger partial charge in [0.1, 0.15) is 0 Å². The second kappa shape index (κ2) is 13.1. The first-order valence-corrected chi connectivity index (χ1v) is 17.0. The van der Waals surface area contributed by atoms with Crippen LogP contribution in [0.1, 0.15) is 11.1 Å². The molecule has 0 unspecified atom stereocenters. The van der Waals surface area contributed by atoms with Gasteiger partial charge in [-0.3, -0.25) is 0 Å². The van der Waals surface area contributed by atoms with Gasteiger partial charge in [-0.25, -0.2) is 0 Å². The zero-order valence-electron chi connectivity index (χ0n) is 23.2. The van der Waals surface area contributed by atoms with Crippen molar-refractivity contribution in [3.63, 3.8) is 0 Å². The molecule has 5 aromatic rings. The Morgan fingerprint density at radius 3 is 0.881 bits per heavy atom. The Morgan fingerprint density at radius 1 is 0.286 bits per heavy atom. The van der Waals surface area contributed by atoms with Gasteiger partial charge in [-0.1, -0.05) is 146 Å². The molecule has 2 heteroatoms. The smallest absolute Gasteiger partial charge is 0.0242 e. The Morgan fingerprint density at radius 2 is 0.571 bits per heavy atom. The van der Waals surface area contributed by atoms with Crippen molar-refractivity contribution in [1.29, 1.82) is 0 Å². The summed E-state index contributed by atoms with van der Waals surface area (Å²) >= 11 is 0. The van der Waals surface area contributed by atoms with E-state index in [1.807, 2.05) is 0 Å². The van der Waals surface area contributed by atoms with Gasteiger partial charge in [-0.2, -0.15) is 0 Å². The van der Waals surface area contributed by atoms with Crippen LogP contribution in [0.5, 0.6) is 0 Å². The van der Waals surface area contributed by atoms with E-state index in [0.29, 0.717) is 0 Å². The molecule has 2 saturated carbocycles. The SMILES string of the molecule is [CH]1[CH][C](c2ccccc2[C]2[CH][CH][CH][C]2P(c2ccccc2)c2ccccc2)[C](P(c2ccccc2)c2ccccc2)[CH]1. The second-order valence-corrected chi connectivity index (χ2v) is 14.6. The van der Waals surface area contributed by atoms with E-state index in [-0.39, 0.29) is 0 Å². The van der Waals surface area contributed by atoms with Gasteiger partial charge in [0.15, 0.2) is 0 Å². The molecule has 2 fully saturated rings. The molecule has 0 spiro atoms. The maximum absolute atomic E-state index is 2.34. The number of benzene rings is 5. The minimum absolute atomic E-state index is 0.712. The van der Waals surface area contributed by atoms with Crippen molar-refractivity contribution in [3.8, 4) is 0 Å². The molecule has 0 aliphatic heterocycles. The fourth-order valence-electron chi connectivity index (χ4n) is 5.78. The highest BCUT2D eigenvalue weighted by Gasteiger charge is 2.43. The van der Waals surface area contributed by atoms with Crippen molar-refractivity contribution >= 4 is 37.1 Å². The quantitative estimate of drug-likeness (QED) is 0.165. The summed E-state index contributed by atoms with van der Waals surface area (Å²) in [6.07, 6.45) is 13.8. The first kappa shape index (κ1) is 27.8. The Bertz CT molecular complexity index is 1350. The molecule has 42 heavy (non-hydrogen) atoms. The van der Waals surface area contributed by atoms with Gasteiger partial charge < -0.3 is 0 Å². The van der Waals surface area contributed by atoms with Crippen molar-refractivity contribution in [2.45, 2.75) is 0 Å². The van der Waals surface area contributed by atoms with E-state index in [0.717, 1.165) is 0 Å². The van der Waals surface area contributed by atoms with E-state index < -0.39 is 15.8 Å². The summed E-state index contributed by atoms with van der Waals surface area (Å²) in [7, 11) is -1.42. The summed E-state index contributed by atoms with van der Waals surface area (Å²) < 4.78 is 0. The van der Waals surface area contributed by atoms with Crippen LogP contribution in [-0.4, -0.2) is 0 Å². The lowest BCUT2D eigenvalue weighted by molar-refractivity contribution is 1.16. The van der Waals surface area contributed by atoms with Gasteiger partial charge in [-0.05, 0) is 86.7 Å². The average molecular weight is 573 g/mol. The number of rotatable bonds is 8. The fourth-order valence-corrected chi connectivity index (χ4v) is 10.7. The minimum Gasteiger partial charge on any atom is -0.0622 e. The lowest BCUT2D eigenvalue weighted by atomic mass is 9.85. The predicted octanol–water partition coefficient (Wildman–Crippen LogP) is 8.11. The van der Waals surface area contributed by atoms with Crippen LogP contribution >= 0.6 is 15.8 Å². The minimum atomic E-state index is -0.712. The lowest BCUT2D eigenvalue weighted by Crippen LogP contribution is -2.22. The van der Waals surface area contributed by atoms with Gasteiger partial charge >= 0.3 is 0 Å². The van der Waals surface area contributed by atoms with Gasteiger partial charge in [0.25, 0.3) is 0 Å². The molecular formula is C40H30P2. The topological polar surface area (TPSA) is 0 Å². The van der Waals surface area contributed by atoms with Gasteiger partial charge in [0, 0.05) is 23.2 Å². The van der Waals surface area contributed by atoms with E-state index in [9.17, 15) is 0 Å². The fraction of sp³-hybridized carbons (Fsp3) is 0. The molecule has 2 aliphatic rings. The van der Waals surface area contributed by atoms with Crippen LogP contribution in [0.25, 0.3) is 0 Å². The van der Waals surface area contributed by atoms with Crippen LogP contribution in [0, 0.1) is 61.7 Å². The molecule has 5 aromatic carbocycles. The molecule has 10 radical (unpaired) electrons. The highest BCUT2D eigenvalue weighted by Crippen LogP contribution is 2.61. The van der Waals surface area contributed by atoms with E-state index in [1.54, 1.807) is 0 Å². The second-order valence-electron chi connectivity index (χ2n) is 10.2. The largest absolute Gasteiger partial charge is 0.0622 e. The summed E-state index contributed by atoms with van der Waals surface area (Å²) in [6, 6.07) is 53.0. The molecule has 2 aliphatic carbocycles. The van der Waals surface area contributed by atoms with Gasteiger partial charge in [0.2, 0.25) is 0 Å². The third kappa shape index (κ3) is 5.65. The maximum Gasteiger partial charge on any atom is 0.0242 e. The number of hydrogen-bond donors (Lipinski definition) is 0. The molecule has 7 rings (SSSR count). The van der Waals surface area contributed by atoms with Crippen LogP contribution in [0.15, 0.2) is 146 Å². The molecule has 0 heterocycles. The third-order valence-corrected chi connectivity index (χ3v) is 12.6. The first-order chi connectivity index (χ1) is 20.9. The summed E-state index contributed by atoms with van der Waals surface area (Å²) in [5.41, 5.74) is 5.38. The van der Waals surface area contributed by atoms with Crippen molar-refractivity contribution in [2.24, 2.45) is 0 Å². The zero-order chi connectivity index (χ0) is 28.1. The van der Waals surface area contributed by atoms with E-state index in [4.69, 9.17) is 0 Å². The molecule has 200 valence electrons. The maximum atomic E-state index is 2.34. The van der Waals surface area contributed by atoms with Crippen molar-refractivity contribution in [1.82, 2.24) is 0 Å².